The normalized spacial score (nSPS) is 25.6. The number of piperidine rings is 1. The first-order chi connectivity index (χ1) is 6.56. The predicted octanol–water partition coefficient (Wildman–Crippen LogP) is 1.40. The molecule has 82 valence electrons. The van der Waals surface area contributed by atoms with Crippen LogP contribution in [0, 0.1) is 5.92 Å². The molecule has 1 saturated heterocycles. The average Bonchev–Trinajstić information content (AvgIpc) is 2.15. The zero-order valence-corrected chi connectivity index (χ0v) is 9.36. The van der Waals surface area contributed by atoms with E-state index in [1.807, 2.05) is 25.7 Å². The van der Waals surface area contributed by atoms with E-state index in [4.69, 9.17) is 0 Å². The van der Waals surface area contributed by atoms with Gasteiger partial charge in [-0.2, -0.15) is 0 Å². The Morgan fingerprint density at radius 1 is 1.57 bits per heavy atom. The van der Waals surface area contributed by atoms with Crippen molar-refractivity contribution in [3.05, 3.63) is 0 Å². The summed E-state index contributed by atoms with van der Waals surface area (Å²) in [6, 6.07) is 0.294. The Hall–Kier alpha value is -0.570. The maximum atomic E-state index is 11.7. The number of carbonyl (C=O) groups excluding carboxylic acids is 1. The summed E-state index contributed by atoms with van der Waals surface area (Å²) in [5, 5.41) is 9.65. The Bertz CT molecular complexity index is 203. The molecule has 0 aliphatic carbocycles. The van der Waals surface area contributed by atoms with Gasteiger partial charge in [-0.25, -0.2) is 0 Å². The Morgan fingerprint density at radius 2 is 2.21 bits per heavy atom. The van der Waals surface area contributed by atoms with Crippen LogP contribution in [0.15, 0.2) is 0 Å². The second-order valence-corrected chi connectivity index (χ2v) is 4.41. The highest BCUT2D eigenvalue weighted by Crippen LogP contribution is 2.24. The molecule has 1 heterocycles. The van der Waals surface area contributed by atoms with E-state index in [2.05, 4.69) is 0 Å². The Morgan fingerprint density at radius 3 is 2.64 bits per heavy atom. The highest BCUT2D eigenvalue weighted by molar-refractivity contribution is 5.77. The van der Waals surface area contributed by atoms with Crippen molar-refractivity contribution in [2.75, 3.05) is 6.54 Å². The zero-order chi connectivity index (χ0) is 10.7. The van der Waals surface area contributed by atoms with Gasteiger partial charge < -0.3 is 10.0 Å². The van der Waals surface area contributed by atoms with Crippen LogP contribution in [0.25, 0.3) is 0 Å². The van der Waals surface area contributed by atoms with E-state index >= 15 is 0 Å². The molecule has 1 rings (SSSR count). The molecule has 1 fully saturated rings. The van der Waals surface area contributed by atoms with Gasteiger partial charge >= 0.3 is 0 Å². The number of aliphatic hydroxyl groups excluding tert-OH is 1. The van der Waals surface area contributed by atoms with Crippen LogP contribution < -0.4 is 0 Å². The van der Waals surface area contributed by atoms with Crippen LogP contribution in [-0.4, -0.2) is 34.6 Å². The van der Waals surface area contributed by atoms with Crippen LogP contribution in [-0.2, 0) is 4.79 Å². The first kappa shape index (κ1) is 11.5. The molecule has 0 aromatic carbocycles. The lowest BCUT2D eigenvalue weighted by Crippen LogP contribution is -2.45. The van der Waals surface area contributed by atoms with Gasteiger partial charge in [-0.05, 0) is 32.6 Å². The summed E-state index contributed by atoms with van der Waals surface area (Å²) >= 11 is 0. The summed E-state index contributed by atoms with van der Waals surface area (Å²) in [5.74, 6) is 0.381. The van der Waals surface area contributed by atoms with Crippen LogP contribution in [0.4, 0.5) is 0 Å². The monoisotopic (exact) mass is 199 g/mol. The molecule has 1 aliphatic heterocycles. The molecule has 1 amide bonds. The van der Waals surface area contributed by atoms with E-state index < -0.39 is 0 Å². The molecule has 0 saturated carbocycles. The van der Waals surface area contributed by atoms with E-state index in [1.165, 1.54) is 0 Å². The third kappa shape index (κ3) is 2.47. The molecule has 0 aromatic heterocycles. The summed E-state index contributed by atoms with van der Waals surface area (Å²) in [7, 11) is 0. The average molecular weight is 199 g/mol. The number of aliphatic hydroxyl groups is 1. The van der Waals surface area contributed by atoms with Gasteiger partial charge in [0, 0.05) is 19.0 Å². The van der Waals surface area contributed by atoms with Crippen molar-refractivity contribution in [3.63, 3.8) is 0 Å². The smallest absolute Gasteiger partial charge is 0.223 e. The third-order valence-corrected chi connectivity index (χ3v) is 3.08. The lowest BCUT2D eigenvalue weighted by atomic mass is 9.89. The summed E-state index contributed by atoms with van der Waals surface area (Å²) in [4.78, 5) is 13.6. The fourth-order valence-electron chi connectivity index (χ4n) is 2.08. The van der Waals surface area contributed by atoms with Crippen molar-refractivity contribution < 1.29 is 9.90 Å². The van der Waals surface area contributed by atoms with E-state index in [0.717, 1.165) is 19.4 Å². The number of hydrogen-bond acceptors (Lipinski definition) is 2. The minimum atomic E-state index is -0.298. The highest BCUT2D eigenvalue weighted by atomic mass is 16.3. The minimum Gasteiger partial charge on any atom is -0.393 e. The van der Waals surface area contributed by atoms with E-state index in [1.54, 1.807) is 0 Å². The van der Waals surface area contributed by atoms with Crippen molar-refractivity contribution >= 4 is 5.91 Å². The second-order valence-electron chi connectivity index (χ2n) is 4.41. The molecule has 14 heavy (non-hydrogen) atoms. The molecule has 0 radical (unpaired) electrons. The molecule has 3 nitrogen and oxygen atoms in total. The molecule has 1 aliphatic rings. The lowest BCUT2D eigenvalue weighted by molar-refractivity contribution is -0.138. The maximum Gasteiger partial charge on any atom is 0.223 e. The van der Waals surface area contributed by atoms with Gasteiger partial charge in [0.25, 0.3) is 0 Å². The standard InChI is InChI=1S/C11H21NO2/c1-4-10(13)9-5-6-12(8(2)3)11(14)7-9/h8-10,13H,4-7H2,1-3H3. The van der Waals surface area contributed by atoms with E-state index in [0.29, 0.717) is 12.5 Å². The van der Waals surface area contributed by atoms with Gasteiger partial charge in [-0.1, -0.05) is 6.92 Å². The summed E-state index contributed by atoms with van der Waals surface area (Å²) in [6.07, 6.45) is 1.92. The molecule has 1 N–H and O–H groups in total. The van der Waals surface area contributed by atoms with E-state index in [-0.39, 0.29) is 17.9 Å². The van der Waals surface area contributed by atoms with Gasteiger partial charge in [-0.15, -0.1) is 0 Å². The fraction of sp³-hybridized carbons (Fsp3) is 0.909. The van der Waals surface area contributed by atoms with Crippen molar-refractivity contribution in [2.24, 2.45) is 5.92 Å². The van der Waals surface area contributed by atoms with Gasteiger partial charge in [0.15, 0.2) is 0 Å². The molecule has 2 atom stereocenters. The highest BCUT2D eigenvalue weighted by Gasteiger charge is 2.30. The first-order valence-corrected chi connectivity index (χ1v) is 5.53. The molecule has 0 aromatic rings. The summed E-state index contributed by atoms with van der Waals surface area (Å²) in [6.45, 7) is 6.84. The quantitative estimate of drug-likeness (QED) is 0.746. The summed E-state index contributed by atoms with van der Waals surface area (Å²) < 4.78 is 0. The van der Waals surface area contributed by atoms with Crippen LogP contribution in [0.1, 0.15) is 40.0 Å². The molecule has 3 heteroatoms. The predicted molar refractivity (Wildman–Crippen MR) is 55.9 cm³/mol. The maximum absolute atomic E-state index is 11.7. The topological polar surface area (TPSA) is 40.5 Å². The lowest BCUT2D eigenvalue weighted by Gasteiger charge is -2.36. The Kier molecular flexibility index (Phi) is 3.93. The van der Waals surface area contributed by atoms with Gasteiger partial charge in [-0.3, -0.25) is 4.79 Å². The fourth-order valence-corrected chi connectivity index (χ4v) is 2.08. The van der Waals surface area contributed by atoms with Gasteiger partial charge in [0.1, 0.15) is 0 Å². The van der Waals surface area contributed by atoms with Crippen molar-refractivity contribution in [1.29, 1.82) is 0 Å². The number of rotatable bonds is 3. The van der Waals surface area contributed by atoms with Crippen molar-refractivity contribution in [2.45, 2.75) is 52.2 Å². The van der Waals surface area contributed by atoms with E-state index in [9.17, 15) is 9.90 Å². The molecular formula is C11H21NO2. The zero-order valence-electron chi connectivity index (χ0n) is 9.36. The van der Waals surface area contributed by atoms with Gasteiger partial charge in [0.2, 0.25) is 5.91 Å². The van der Waals surface area contributed by atoms with Gasteiger partial charge in [0.05, 0.1) is 6.10 Å². The van der Waals surface area contributed by atoms with Crippen LogP contribution in [0.2, 0.25) is 0 Å². The summed E-state index contributed by atoms with van der Waals surface area (Å²) in [5.41, 5.74) is 0. The van der Waals surface area contributed by atoms with Crippen molar-refractivity contribution in [1.82, 2.24) is 4.90 Å². The van der Waals surface area contributed by atoms with Crippen LogP contribution >= 0.6 is 0 Å². The van der Waals surface area contributed by atoms with Crippen LogP contribution in [0.5, 0.6) is 0 Å². The minimum absolute atomic E-state index is 0.183. The Balaban J connectivity index is 2.51. The molecule has 0 spiro atoms. The Labute approximate surface area is 86.1 Å². The first-order valence-electron chi connectivity index (χ1n) is 5.53. The van der Waals surface area contributed by atoms with Crippen molar-refractivity contribution in [3.8, 4) is 0 Å². The SMILES string of the molecule is CCC(O)C1CCN(C(C)C)C(=O)C1. The van der Waals surface area contributed by atoms with Crippen LogP contribution in [0.3, 0.4) is 0 Å². The number of nitrogens with zero attached hydrogens (tertiary/aromatic N) is 1. The molecule has 0 bridgehead atoms. The molecular weight excluding hydrogens is 178 g/mol. The number of likely N-dealkylation sites (tertiary alicyclic amines) is 1. The second kappa shape index (κ2) is 4.78. The third-order valence-electron chi connectivity index (χ3n) is 3.08. The number of carbonyl (C=O) groups is 1. The largest absolute Gasteiger partial charge is 0.393 e. The number of amides is 1. The molecule has 2 unspecified atom stereocenters. The number of hydrogen-bond donors (Lipinski definition) is 1.